The number of aryl methyl sites for hydroxylation is 2. The molecule has 4 rings (SSSR count). The number of fused-ring (bicyclic) bond motifs is 1. The Bertz CT molecular complexity index is 978. The van der Waals surface area contributed by atoms with Crippen LogP contribution in [0.5, 0.6) is 0 Å². The molecule has 7 heteroatoms. The molecule has 3 aromatic rings. The summed E-state index contributed by atoms with van der Waals surface area (Å²) < 4.78 is 1.03. The lowest BCUT2D eigenvalue weighted by Crippen LogP contribution is -2.37. The van der Waals surface area contributed by atoms with Crippen LogP contribution >= 0.6 is 23.1 Å². The van der Waals surface area contributed by atoms with Gasteiger partial charge in [0, 0.05) is 11.6 Å². The zero-order valence-corrected chi connectivity index (χ0v) is 17.8. The number of aromatic nitrogens is 3. The van der Waals surface area contributed by atoms with E-state index in [0.29, 0.717) is 11.8 Å². The third-order valence-corrected chi connectivity index (χ3v) is 6.96. The number of benzene rings is 1. The predicted octanol–water partition coefficient (Wildman–Crippen LogP) is 4.91. The summed E-state index contributed by atoms with van der Waals surface area (Å²) in [6.45, 7) is 4.06. The van der Waals surface area contributed by atoms with E-state index in [2.05, 4.69) is 51.7 Å². The quantitative estimate of drug-likeness (QED) is 0.603. The fourth-order valence-electron chi connectivity index (χ4n) is 3.57. The average Bonchev–Trinajstić information content (AvgIpc) is 3.09. The van der Waals surface area contributed by atoms with Crippen LogP contribution in [0, 0.1) is 13.8 Å². The van der Waals surface area contributed by atoms with Gasteiger partial charge in [-0.2, -0.15) is 0 Å². The third kappa shape index (κ3) is 4.36. The number of hydrogen-bond acceptors (Lipinski definition) is 6. The molecule has 0 spiro atoms. The van der Waals surface area contributed by atoms with Crippen LogP contribution in [0.3, 0.4) is 0 Å². The van der Waals surface area contributed by atoms with Gasteiger partial charge in [-0.3, -0.25) is 4.79 Å². The Labute approximate surface area is 173 Å². The minimum Gasteiger partial charge on any atom is -0.353 e. The second kappa shape index (κ2) is 8.57. The largest absolute Gasteiger partial charge is 0.353 e. The number of nitrogens with one attached hydrogen (secondary N) is 1. The Kier molecular flexibility index (Phi) is 5.92. The van der Waals surface area contributed by atoms with Gasteiger partial charge in [-0.05, 0) is 26.7 Å². The number of hydrogen-bond donors (Lipinski definition) is 1. The summed E-state index contributed by atoms with van der Waals surface area (Å²) in [6.07, 6.45) is 5.89. The number of thioether (sulfide) groups is 1. The summed E-state index contributed by atoms with van der Waals surface area (Å²) in [5.41, 5.74) is 3.96. The maximum atomic E-state index is 12.3. The second-order valence-corrected chi connectivity index (χ2v) is 9.49. The van der Waals surface area contributed by atoms with Crippen molar-refractivity contribution in [3.63, 3.8) is 0 Å². The lowest BCUT2D eigenvalue weighted by atomic mass is 9.95. The molecule has 1 aliphatic carbocycles. The second-order valence-electron chi connectivity index (χ2n) is 7.32. The van der Waals surface area contributed by atoms with E-state index in [0.717, 1.165) is 44.3 Å². The summed E-state index contributed by atoms with van der Waals surface area (Å²) in [7, 11) is 0. The summed E-state index contributed by atoms with van der Waals surface area (Å²) in [6, 6.07) is 8.62. The highest BCUT2D eigenvalue weighted by atomic mass is 32.2. The molecule has 0 radical (unpaired) electrons. The summed E-state index contributed by atoms with van der Waals surface area (Å²) in [4.78, 5) is 17.0. The summed E-state index contributed by atoms with van der Waals surface area (Å²) in [5, 5.41) is 13.8. The van der Waals surface area contributed by atoms with E-state index in [1.807, 2.05) is 6.92 Å². The fourth-order valence-corrected chi connectivity index (χ4v) is 5.29. The molecule has 1 fully saturated rings. The highest BCUT2D eigenvalue weighted by Gasteiger charge is 2.19. The van der Waals surface area contributed by atoms with Gasteiger partial charge in [0.15, 0.2) is 0 Å². The molecule has 2 aromatic heterocycles. The van der Waals surface area contributed by atoms with E-state index < -0.39 is 0 Å². The molecule has 0 saturated heterocycles. The van der Waals surface area contributed by atoms with Gasteiger partial charge in [-0.25, -0.2) is 4.98 Å². The first-order valence-corrected chi connectivity index (χ1v) is 11.5. The van der Waals surface area contributed by atoms with E-state index in [-0.39, 0.29) is 5.91 Å². The Balaban J connectivity index is 1.52. The number of rotatable bonds is 5. The van der Waals surface area contributed by atoms with Crippen LogP contribution < -0.4 is 5.32 Å². The van der Waals surface area contributed by atoms with E-state index in [1.54, 1.807) is 11.3 Å². The van der Waals surface area contributed by atoms with Crippen molar-refractivity contribution in [2.24, 2.45) is 0 Å². The molecule has 0 atom stereocenters. The van der Waals surface area contributed by atoms with Crippen molar-refractivity contribution in [2.45, 2.75) is 57.0 Å². The van der Waals surface area contributed by atoms with Gasteiger partial charge in [0.05, 0.1) is 15.5 Å². The van der Waals surface area contributed by atoms with Gasteiger partial charge in [-0.1, -0.05) is 60.9 Å². The maximum Gasteiger partial charge on any atom is 0.230 e. The van der Waals surface area contributed by atoms with Crippen molar-refractivity contribution in [1.29, 1.82) is 0 Å². The van der Waals surface area contributed by atoms with Gasteiger partial charge in [-0.15, -0.1) is 21.5 Å². The van der Waals surface area contributed by atoms with Crippen LogP contribution in [0.15, 0.2) is 29.3 Å². The summed E-state index contributed by atoms with van der Waals surface area (Å²) >= 11 is 3.05. The topological polar surface area (TPSA) is 67.8 Å². The highest BCUT2D eigenvalue weighted by molar-refractivity contribution is 8.00. The van der Waals surface area contributed by atoms with E-state index in [9.17, 15) is 4.79 Å². The number of thiazole rings is 1. The van der Waals surface area contributed by atoms with E-state index in [1.165, 1.54) is 36.6 Å². The summed E-state index contributed by atoms with van der Waals surface area (Å²) in [5.74, 6) is 0.419. The van der Waals surface area contributed by atoms with Crippen LogP contribution in [0.1, 0.15) is 42.7 Å². The highest BCUT2D eigenvalue weighted by Crippen LogP contribution is 2.35. The zero-order valence-electron chi connectivity index (χ0n) is 16.2. The lowest BCUT2D eigenvalue weighted by Gasteiger charge is -2.22. The van der Waals surface area contributed by atoms with Crippen LogP contribution in [0.4, 0.5) is 0 Å². The van der Waals surface area contributed by atoms with Crippen LogP contribution in [0.2, 0.25) is 0 Å². The number of amides is 1. The van der Waals surface area contributed by atoms with E-state index in [4.69, 9.17) is 0 Å². The molecule has 1 saturated carbocycles. The molecule has 0 bridgehead atoms. The van der Waals surface area contributed by atoms with Crippen molar-refractivity contribution in [3.05, 3.63) is 34.8 Å². The Hall–Kier alpha value is -1.99. The normalized spacial score (nSPS) is 15.1. The molecular weight excluding hydrogens is 388 g/mol. The minimum atomic E-state index is 0.0708. The van der Waals surface area contributed by atoms with Gasteiger partial charge in [0.2, 0.25) is 5.91 Å². The smallest absolute Gasteiger partial charge is 0.230 e. The molecule has 28 heavy (non-hydrogen) atoms. The molecule has 2 heterocycles. The van der Waals surface area contributed by atoms with Crippen molar-refractivity contribution >= 4 is 39.2 Å². The van der Waals surface area contributed by atoms with Crippen molar-refractivity contribution in [1.82, 2.24) is 20.5 Å². The molecule has 5 nitrogen and oxygen atoms in total. The maximum absolute atomic E-state index is 12.3. The minimum absolute atomic E-state index is 0.0708. The monoisotopic (exact) mass is 412 g/mol. The molecule has 146 valence electrons. The Morgan fingerprint density at radius 3 is 2.64 bits per heavy atom. The third-order valence-electron chi connectivity index (χ3n) is 5.03. The molecule has 1 amide bonds. The average molecular weight is 413 g/mol. The molecule has 1 aromatic carbocycles. The van der Waals surface area contributed by atoms with Crippen LogP contribution in [-0.2, 0) is 4.79 Å². The number of carbonyl (C=O) groups is 1. The van der Waals surface area contributed by atoms with Gasteiger partial charge in [0.1, 0.15) is 16.2 Å². The molecular formula is C21H24N4OS2. The van der Waals surface area contributed by atoms with Crippen molar-refractivity contribution < 1.29 is 4.79 Å². The zero-order chi connectivity index (χ0) is 19.5. The predicted molar refractivity (Wildman–Crippen MR) is 116 cm³/mol. The molecule has 1 aliphatic rings. The van der Waals surface area contributed by atoms with Gasteiger partial charge in [0.25, 0.3) is 0 Å². The number of carbonyl (C=O) groups excluding carboxylic acids is 1. The fraction of sp³-hybridized carbons (Fsp3) is 0.429. The van der Waals surface area contributed by atoms with Gasteiger partial charge < -0.3 is 5.32 Å². The van der Waals surface area contributed by atoms with Crippen LogP contribution in [0.25, 0.3) is 21.5 Å². The van der Waals surface area contributed by atoms with Crippen LogP contribution in [-0.4, -0.2) is 32.9 Å². The van der Waals surface area contributed by atoms with E-state index >= 15 is 0 Å². The SMILES string of the molecule is Cc1ccc(-c2nnc(SCC(=O)NC3CCCCC3)c3nc(C)sc23)cc1. The number of nitrogens with zero attached hydrogens (tertiary/aromatic N) is 3. The Morgan fingerprint density at radius 2 is 1.89 bits per heavy atom. The van der Waals surface area contributed by atoms with Gasteiger partial charge >= 0.3 is 0 Å². The van der Waals surface area contributed by atoms with Crippen molar-refractivity contribution in [3.8, 4) is 11.3 Å². The molecule has 0 unspecified atom stereocenters. The first-order valence-electron chi connectivity index (χ1n) is 9.73. The van der Waals surface area contributed by atoms with Crippen molar-refractivity contribution in [2.75, 3.05) is 5.75 Å². The standard InChI is InChI=1S/C21H24N4OS2/c1-13-8-10-15(11-9-13)18-20-19(22-14(2)28-20)21(25-24-18)27-12-17(26)23-16-6-4-3-5-7-16/h8-11,16H,3-7,12H2,1-2H3,(H,23,26). The first-order chi connectivity index (χ1) is 13.6. The Morgan fingerprint density at radius 1 is 1.14 bits per heavy atom. The lowest BCUT2D eigenvalue weighted by molar-refractivity contribution is -0.119. The molecule has 1 N–H and O–H groups in total. The molecule has 0 aliphatic heterocycles. The first kappa shape index (κ1) is 19.3.